The molecule has 136 valence electrons. The summed E-state index contributed by atoms with van der Waals surface area (Å²) in [7, 11) is 0. The van der Waals surface area contributed by atoms with Gasteiger partial charge in [-0.2, -0.15) is 5.10 Å². The summed E-state index contributed by atoms with van der Waals surface area (Å²) in [6, 6.07) is 5.90. The molecule has 0 atom stereocenters. The van der Waals surface area contributed by atoms with E-state index < -0.39 is 0 Å². The van der Waals surface area contributed by atoms with Crippen molar-refractivity contribution in [2.45, 2.75) is 41.2 Å². The fourth-order valence-electron chi connectivity index (χ4n) is 2.79. The van der Waals surface area contributed by atoms with Crippen LogP contribution in [0.25, 0.3) is 0 Å². The molecule has 0 saturated carbocycles. The molecule has 6 nitrogen and oxygen atoms in total. The van der Waals surface area contributed by atoms with Crippen molar-refractivity contribution in [3.05, 3.63) is 62.8 Å². The molecule has 0 radical (unpaired) electrons. The number of nitrogens with zero attached hydrogens (tertiary/aromatic N) is 3. The molecule has 1 amide bonds. The topological polar surface area (TPSA) is 73.0 Å². The molecule has 0 bridgehead atoms. The van der Waals surface area contributed by atoms with Gasteiger partial charge in [0.15, 0.2) is 5.69 Å². The number of aryl methyl sites for hydroxylation is 4. The smallest absolute Gasteiger partial charge is 0.278 e. The number of halogens is 1. The Balaban J connectivity index is 1.90. The Bertz CT molecular complexity index is 988. The first kappa shape index (κ1) is 18.2. The molecule has 0 spiro atoms. The van der Waals surface area contributed by atoms with Crippen molar-refractivity contribution in [3.8, 4) is 0 Å². The van der Waals surface area contributed by atoms with Crippen LogP contribution in [-0.4, -0.2) is 20.8 Å². The number of hydrogen-bond acceptors (Lipinski definition) is 4. The maximum absolute atomic E-state index is 12.8. The van der Waals surface area contributed by atoms with Crippen LogP contribution < -0.4 is 5.32 Å². The number of hydrogen-bond donors (Lipinski definition) is 1. The summed E-state index contributed by atoms with van der Waals surface area (Å²) in [5.41, 5.74) is 5.35. The minimum atomic E-state index is -0.307. The molecule has 0 fully saturated rings. The Labute approximate surface area is 157 Å². The lowest BCUT2D eigenvalue weighted by molar-refractivity contribution is 0.101. The average molecular weight is 373 g/mol. The van der Waals surface area contributed by atoms with E-state index in [1.807, 2.05) is 45.9 Å². The van der Waals surface area contributed by atoms with Gasteiger partial charge >= 0.3 is 0 Å². The van der Waals surface area contributed by atoms with Crippen molar-refractivity contribution in [1.29, 1.82) is 0 Å². The number of anilines is 1. The normalized spacial score (nSPS) is 11.0. The third-order valence-corrected chi connectivity index (χ3v) is 4.99. The van der Waals surface area contributed by atoms with Gasteiger partial charge in [0.25, 0.3) is 5.91 Å². The zero-order valence-corrected chi connectivity index (χ0v) is 16.2. The Morgan fingerprint density at radius 2 is 1.96 bits per heavy atom. The van der Waals surface area contributed by atoms with Crippen LogP contribution in [0.5, 0.6) is 0 Å². The maximum Gasteiger partial charge on any atom is 0.278 e. The fourth-order valence-corrected chi connectivity index (χ4v) is 2.92. The minimum absolute atomic E-state index is 0.257. The molecule has 2 aromatic heterocycles. The number of carbonyl (C=O) groups excluding carboxylic acids is 1. The number of nitrogens with one attached hydrogen (secondary N) is 1. The van der Waals surface area contributed by atoms with Gasteiger partial charge in [0.2, 0.25) is 0 Å². The number of amides is 1. The zero-order chi connectivity index (χ0) is 19.0. The molecule has 2 heterocycles. The largest absolute Gasteiger partial charge is 0.361 e. The van der Waals surface area contributed by atoms with Crippen LogP contribution in [-0.2, 0) is 6.54 Å². The number of carbonyl (C=O) groups is 1. The summed E-state index contributed by atoms with van der Waals surface area (Å²) < 4.78 is 7.03. The predicted octanol–water partition coefficient (Wildman–Crippen LogP) is 4.37. The zero-order valence-electron chi connectivity index (χ0n) is 15.5. The molecule has 0 aliphatic rings. The van der Waals surface area contributed by atoms with Crippen molar-refractivity contribution in [2.24, 2.45) is 0 Å². The Morgan fingerprint density at radius 1 is 1.23 bits per heavy atom. The van der Waals surface area contributed by atoms with E-state index in [4.69, 9.17) is 16.1 Å². The Morgan fingerprint density at radius 3 is 2.62 bits per heavy atom. The second-order valence-electron chi connectivity index (χ2n) is 6.48. The van der Waals surface area contributed by atoms with Gasteiger partial charge in [-0.1, -0.05) is 28.9 Å². The van der Waals surface area contributed by atoms with Gasteiger partial charge < -0.3 is 9.84 Å². The molecule has 3 aromatic rings. The summed E-state index contributed by atoms with van der Waals surface area (Å²) in [5, 5.41) is 11.9. The molecule has 0 aliphatic carbocycles. The highest BCUT2D eigenvalue weighted by Gasteiger charge is 2.22. The molecule has 1 N–H and O–H groups in total. The van der Waals surface area contributed by atoms with Gasteiger partial charge in [-0.05, 0) is 51.8 Å². The van der Waals surface area contributed by atoms with Crippen LogP contribution in [0.4, 0.5) is 5.69 Å². The first-order chi connectivity index (χ1) is 12.3. The lowest BCUT2D eigenvalue weighted by Crippen LogP contribution is -2.17. The van der Waals surface area contributed by atoms with Gasteiger partial charge in [-0.3, -0.25) is 9.48 Å². The second kappa shape index (κ2) is 6.96. The molecule has 0 unspecified atom stereocenters. The molecule has 7 heteroatoms. The average Bonchev–Trinajstić information content (AvgIpc) is 3.07. The number of aromatic nitrogens is 3. The molecule has 0 aliphatic heterocycles. The Kier molecular flexibility index (Phi) is 4.87. The van der Waals surface area contributed by atoms with E-state index in [-0.39, 0.29) is 11.6 Å². The van der Waals surface area contributed by atoms with Gasteiger partial charge in [-0.15, -0.1) is 0 Å². The number of rotatable bonds is 4. The van der Waals surface area contributed by atoms with E-state index in [2.05, 4.69) is 15.6 Å². The summed E-state index contributed by atoms with van der Waals surface area (Å²) in [4.78, 5) is 12.8. The van der Waals surface area contributed by atoms with Gasteiger partial charge in [0, 0.05) is 11.3 Å². The maximum atomic E-state index is 12.8. The Hall–Kier alpha value is -2.60. The van der Waals surface area contributed by atoms with Crippen LogP contribution in [0.2, 0.25) is 5.02 Å². The van der Waals surface area contributed by atoms with E-state index in [9.17, 15) is 4.79 Å². The van der Waals surface area contributed by atoms with Crippen LogP contribution in [0.3, 0.4) is 0 Å². The predicted molar refractivity (Wildman–Crippen MR) is 101 cm³/mol. The highest BCUT2D eigenvalue weighted by molar-refractivity contribution is 6.31. The van der Waals surface area contributed by atoms with Crippen molar-refractivity contribution >= 4 is 23.2 Å². The van der Waals surface area contributed by atoms with E-state index in [1.165, 1.54) is 0 Å². The summed E-state index contributed by atoms with van der Waals surface area (Å²) in [6.45, 7) is 9.81. The van der Waals surface area contributed by atoms with Gasteiger partial charge in [-0.25, -0.2) is 0 Å². The van der Waals surface area contributed by atoms with Crippen molar-refractivity contribution < 1.29 is 9.32 Å². The van der Waals surface area contributed by atoms with E-state index in [0.717, 1.165) is 28.2 Å². The minimum Gasteiger partial charge on any atom is -0.361 e. The molecule has 1 aromatic carbocycles. The summed E-state index contributed by atoms with van der Waals surface area (Å²) in [5.74, 6) is 0.276. The monoisotopic (exact) mass is 372 g/mol. The lowest BCUT2D eigenvalue weighted by atomic mass is 10.1. The van der Waals surface area contributed by atoms with Crippen LogP contribution in [0, 0.1) is 34.6 Å². The standard InChI is InChI=1S/C19H21ClN4O2/c1-10-6-7-11(2)16(8-10)21-19(25)18-15(14(5)26-23-18)9-24-13(4)17(20)12(3)22-24/h6-8H,9H2,1-5H3,(H,21,25). The molecule has 26 heavy (non-hydrogen) atoms. The quantitative estimate of drug-likeness (QED) is 0.738. The van der Waals surface area contributed by atoms with Crippen molar-refractivity contribution in [3.63, 3.8) is 0 Å². The van der Waals surface area contributed by atoms with E-state index in [0.29, 0.717) is 22.9 Å². The van der Waals surface area contributed by atoms with Crippen LogP contribution in [0.1, 0.15) is 44.3 Å². The first-order valence-corrected chi connectivity index (χ1v) is 8.69. The highest BCUT2D eigenvalue weighted by atomic mass is 35.5. The molecular formula is C19H21ClN4O2. The summed E-state index contributed by atoms with van der Waals surface area (Å²) >= 11 is 6.22. The molecule has 0 saturated heterocycles. The number of benzene rings is 1. The molecule has 3 rings (SSSR count). The van der Waals surface area contributed by atoms with Crippen LogP contribution in [0.15, 0.2) is 22.7 Å². The third-order valence-electron chi connectivity index (χ3n) is 4.44. The third kappa shape index (κ3) is 3.37. The van der Waals surface area contributed by atoms with Gasteiger partial charge in [0.1, 0.15) is 5.76 Å². The van der Waals surface area contributed by atoms with E-state index >= 15 is 0 Å². The lowest BCUT2D eigenvalue weighted by Gasteiger charge is -2.09. The first-order valence-electron chi connectivity index (χ1n) is 8.31. The van der Waals surface area contributed by atoms with Crippen molar-refractivity contribution in [2.75, 3.05) is 5.32 Å². The van der Waals surface area contributed by atoms with E-state index in [1.54, 1.807) is 11.6 Å². The van der Waals surface area contributed by atoms with Crippen molar-refractivity contribution in [1.82, 2.24) is 14.9 Å². The molecular weight excluding hydrogens is 352 g/mol. The summed E-state index contributed by atoms with van der Waals surface area (Å²) in [6.07, 6.45) is 0. The van der Waals surface area contributed by atoms with Gasteiger partial charge in [0.05, 0.1) is 23.0 Å². The highest BCUT2D eigenvalue weighted by Crippen LogP contribution is 2.23. The van der Waals surface area contributed by atoms with Crippen LogP contribution >= 0.6 is 11.6 Å². The SMILES string of the molecule is Cc1ccc(C)c(NC(=O)c2noc(C)c2Cn2nc(C)c(Cl)c2C)c1. The second-order valence-corrected chi connectivity index (χ2v) is 6.86. The fraction of sp³-hybridized carbons (Fsp3) is 0.316.